The summed E-state index contributed by atoms with van der Waals surface area (Å²) in [6, 6.07) is 0.792. The van der Waals surface area contributed by atoms with E-state index in [4.69, 9.17) is 0 Å². The maximum Gasteiger partial charge on any atom is 0.0686 e. The molecule has 1 N–H and O–H groups in total. The minimum absolute atomic E-state index is 0.329. The molecule has 1 unspecified atom stereocenters. The first kappa shape index (κ1) is 8.52. The molecule has 2 fully saturated rings. The van der Waals surface area contributed by atoms with Gasteiger partial charge in [0.25, 0.3) is 0 Å². The van der Waals surface area contributed by atoms with Crippen LogP contribution in [-0.4, -0.2) is 29.7 Å². The molecule has 0 aromatic carbocycles. The normalized spacial score (nSPS) is 44.0. The third-order valence-electron chi connectivity index (χ3n) is 3.53. The zero-order chi connectivity index (χ0) is 8.60. The largest absolute Gasteiger partial charge is 0.299 e. The van der Waals surface area contributed by atoms with Crippen molar-refractivity contribution in [1.82, 2.24) is 10.2 Å². The van der Waals surface area contributed by atoms with E-state index in [-0.39, 0.29) is 0 Å². The lowest BCUT2D eigenvalue weighted by atomic mass is 10.1. The molecule has 2 heteroatoms. The van der Waals surface area contributed by atoms with E-state index in [0.717, 1.165) is 6.04 Å². The van der Waals surface area contributed by atoms with Crippen LogP contribution < -0.4 is 5.32 Å². The molecule has 2 aliphatic rings. The highest BCUT2D eigenvalue weighted by Gasteiger charge is 2.38. The van der Waals surface area contributed by atoms with Gasteiger partial charge in [-0.15, -0.1) is 0 Å². The van der Waals surface area contributed by atoms with Gasteiger partial charge in [0, 0.05) is 12.6 Å². The summed E-state index contributed by atoms with van der Waals surface area (Å²) in [6.07, 6.45) is 5.45. The zero-order valence-corrected chi connectivity index (χ0v) is 8.27. The first-order valence-corrected chi connectivity index (χ1v) is 5.24. The summed E-state index contributed by atoms with van der Waals surface area (Å²) >= 11 is 0. The van der Waals surface area contributed by atoms with Crippen molar-refractivity contribution in [1.29, 1.82) is 0 Å². The summed E-state index contributed by atoms with van der Waals surface area (Å²) in [5.41, 5.74) is 0.329. The van der Waals surface area contributed by atoms with E-state index < -0.39 is 0 Å². The Kier molecular flexibility index (Phi) is 2.13. The van der Waals surface area contributed by atoms with Crippen LogP contribution in [0.15, 0.2) is 0 Å². The zero-order valence-electron chi connectivity index (χ0n) is 8.27. The highest BCUT2D eigenvalue weighted by molar-refractivity contribution is 4.93. The van der Waals surface area contributed by atoms with Crippen LogP contribution in [-0.2, 0) is 0 Å². The summed E-state index contributed by atoms with van der Waals surface area (Å²) in [6.45, 7) is 7.23. The molecular weight excluding hydrogens is 148 g/mol. The van der Waals surface area contributed by atoms with Crippen LogP contribution in [0.3, 0.4) is 0 Å². The van der Waals surface area contributed by atoms with Gasteiger partial charge in [-0.1, -0.05) is 0 Å². The fourth-order valence-corrected chi connectivity index (χ4v) is 2.79. The molecule has 12 heavy (non-hydrogen) atoms. The van der Waals surface area contributed by atoms with Crippen LogP contribution in [0.25, 0.3) is 0 Å². The Morgan fingerprint density at radius 3 is 2.75 bits per heavy atom. The minimum Gasteiger partial charge on any atom is -0.299 e. The fraction of sp³-hybridized carbons (Fsp3) is 1.00. The number of nitrogens with one attached hydrogen (secondary N) is 1. The van der Waals surface area contributed by atoms with Gasteiger partial charge < -0.3 is 0 Å². The fourth-order valence-electron chi connectivity index (χ4n) is 2.79. The quantitative estimate of drug-likeness (QED) is 0.639. The molecule has 2 rings (SSSR count). The third-order valence-corrected chi connectivity index (χ3v) is 3.53. The first-order valence-electron chi connectivity index (χ1n) is 5.24. The molecule has 0 spiro atoms. The maximum absolute atomic E-state index is 3.63. The van der Waals surface area contributed by atoms with Crippen molar-refractivity contribution in [2.75, 3.05) is 13.1 Å². The highest BCUT2D eigenvalue weighted by atomic mass is 15.3. The number of nitrogens with zero attached hydrogens (tertiary/aromatic N) is 1. The van der Waals surface area contributed by atoms with Gasteiger partial charge in [-0.2, -0.15) is 0 Å². The molecule has 2 nitrogen and oxygen atoms in total. The van der Waals surface area contributed by atoms with Crippen molar-refractivity contribution in [2.45, 2.75) is 51.2 Å². The van der Waals surface area contributed by atoms with Crippen LogP contribution in [0, 0.1) is 0 Å². The van der Waals surface area contributed by atoms with Gasteiger partial charge in [-0.3, -0.25) is 10.2 Å². The van der Waals surface area contributed by atoms with Crippen molar-refractivity contribution in [3.8, 4) is 0 Å². The molecule has 2 heterocycles. The summed E-state index contributed by atoms with van der Waals surface area (Å²) in [5, 5.41) is 3.63. The van der Waals surface area contributed by atoms with Gasteiger partial charge >= 0.3 is 0 Å². The second-order valence-corrected chi connectivity index (χ2v) is 4.49. The Morgan fingerprint density at radius 1 is 1.42 bits per heavy atom. The van der Waals surface area contributed by atoms with E-state index in [1.807, 2.05) is 0 Å². The maximum atomic E-state index is 3.63. The monoisotopic (exact) mass is 168 g/mol. The van der Waals surface area contributed by atoms with Crippen LogP contribution in [0.5, 0.6) is 0 Å². The van der Waals surface area contributed by atoms with Crippen LogP contribution in [0.1, 0.15) is 39.5 Å². The van der Waals surface area contributed by atoms with E-state index in [9.17, 15) is 0 Å². The van der Waals surface area contributed by atoms with Crippen molar-refractivity contribution >= 4 is 0 Å². The minimum atomic E-state index is 0.329. The average molecular weight is 168 g/mol. The molecule has 0 amide bonds. The van der Waals surface area contributed by atoms with Crippen molar-refractivity contribution in [3.63, 3.8) is 0 Å². The number of hydrogen-bond donors (Lipinski definition) is 1. The van der Waals surface area contributed by atoms with Gasteiger partial charge in [-0.05, 0) is 46.1 Å². The lowest BCUT2D eigenvalue weighted by molar-refractivity contribution is 0.0824. The van der Waals surface area contributed by atoms with E-state index in [1.54, 1.807) is 0 Å². The predicted molar refractivity (Wildman–Crippen MR) is 51.0 cm³/mol. The Labute approximate surface area is 75.3 Å². The van der Waals surface area contributed by atoms with Crippen LogP contribution in [0.4, 0.5) is 0 Å². The molecule has 0 aromatic heterocycles. The molecular formula is C10H20N2. The van der Waals surface area contributed by atoms with Crippen LogP contribution in [0.2, 0.25) is 0 Å². The van der Waals surface area contributed by atoms with Gasteiger partial charge in [-0.25, -0.2) is 0 Å². The SMILES string of the molecule is CC1CCCN1[C@@]1(C)CCCN1. The molecule has 0 saturated carbocycles. The Morgan fingerprint density at radius 2 is 2.25 bits per heavy atom. The molecule has 2 aliphatic heterocycles. The van der Waals surface area contributed by atoms with E-state index >= 15 is 0 Å². The van der Waals surface area contributed by atoms with E-state index in [1.165, 1.54) is 38.8 Å². The molecule has 0 bridgehead atoms. The topological polar surface area (TPSA) is 15.3 Å². The molecule has 2 atom stereocenters. The van der Waals surface area contributed by atoms with Crippen LogP contribution >= 0.6 is 0 Å². The number of likely N-dealkylation sites (tertiary alicyclic amines) is 1. The summed E-state index contributed by atoms with van der Waals surface area (Å²) < 4.78 is 0. The van der Waals surface area contributed by atoms with Gasteiger partial charge in [0.2, 0.25) is 0 Å². The van der Waals surface area contributed by atoms with Crippen molar-refractivity contribution in [3.05, 3.63) is 0 Å². The average Bonchev–Trinajstić information content (AvgIpc) is 2.59. The summed E-state index contributed by atoms with van der Waals surface area (Å²) in [5.74, 6) is 0. The highest BCUT2D eigenvalue weighted by Crippen LogP contribution is 2.30. The predicted octanol–water partition coefficient (Wildman–Crippen LogP) is 1.57. The first-order chi connectivity index (χ1) is 5.72. The van der Waals surface area contributed by atoms with E-state index in [0.29, 0.717) is 5.66 Å². The molecule has 70 valence electrons. The summed E-state index contributed by atoms with van der Waals surface area (Å²) in [4.78, 5) is 2.65. The summed E-state index contributed by atoms with van der Waals surface area (Å²) in [7, 11) is 0. The second kappa shape index (κ2) is 3.00. The lowest BCUT2D eigenvalue weighted by Crippen LogP contribution is -2.54. The molecule has 0 radical (unpaired) electrons. The Hall–Kier alpha value is -0.0800. The van der Waals surface area contributed by atoms with Crippen molar-refractivity contribution < 1.29 is 0 Å². The van der Waals surface area contributed by atoms with Gasteiger partial charge in [0.1, 0.15) is 0 Å². The lowest BCUT2D eigenvalue weighted by Gasteiger charge is -2.38. The Balaban J connectivity index is 2.06. The van der Waals surface area contributed by atoms with Gasteiger partial charge in [0.05, 0.1) is 5.66 Å². The molecule has 0 aliphatic carbocycles. The van der Waals surface area contributed by atoms with Crippen molar-refractivity contribution in [2.24, 2.45) is 0 Å². The number of rotatable bonds is 1. The molecule has 2 saturated heterocycles. The third kappa shape index (κ3) is 1.27. The number of hydrogen-bond acceptors (Lipinski definition) is 2. The Bertz CT molecular complexity index is 161. The standard InChI is InChI=1S/C10H20N2/c1-9-5-3-8-12(9)10(2)6-4-7-11-10/h9,11H,3-8H2,1-2H3/t9?,10-/m0/s1. The van der Waals surface area contributed by atoms with Gasteiger partial charge in [0.15, 0.2) is 0 Å². The molecule has 0 aromatic rings. The second-order valence-electron chi connectivity index (χ2n) is 4.49. The smallest absolute Gasteiger partial charge is 0.0686 e. The van der Waals surface area contributed by atoms with E-state index in [2.05, 4.69) is 24.1 Å².